The SMILES string of the molecule is COC(=O)c1cccc2nc(Cn3cc(C#N)nn3)cn12. The van der Waals surface area contributed by atoms with Crippen LogP contribution in [-0.4, -0.2) is 37.5 Å². The van der Waals surface area contributed by atoms with Gasteiger partial charge in [0.1, 0.15) is 17.4 Å². The largest absolute Gasteiger partial charge is 0.464 e. The lowest BCUT2D eigenvalue weighted by Gasteiger charge is -2.01. The van der Waals surface area contributed by atoms with E-state index in [1.54, 1.807) is 28.8 Å². The molecule has 104 valence electrons. The van der Waals surface area contributed by atoms with E-state index in [1.165, 1.54) is 18.0 Å². The quantitative estimate of drug-likeness (QED) is 0.653. The summed E-state index contributed by atoms with van der Waals surface area (Å²) in [4.78, 5) is 16.1. The van der Waals surface area contributed by atoms with Crippen molar-refractivity contribution in [3.8, 4) is 6.07 Å². The maximum Gasteiger partial charge on any atom is 0.355 e. The summed E-state index contributed by atoms with van der Waals surface area (Å²) in [6.07, 6.45) is 3.26. The number of hydrogen-bond donors (Lipinski definition) is 0. The molecule has 0 unspecified atom stereocenters. The van der Waals surface area contributed by atoms with Crippen molar-refractivity contribution in [1.82, 2.24) is 24.4 Å². The van der Waals surface area contributed by atoms with Crippen LogP contribution >= 0.6 is 0 Å². The summed E-state index contributed by atoms with van der Waals surface area (Å²) in [5.41, 5.74) is 1.97. The Labute approximate surface area is 119 Å². The molecule has 8 nitrogen and oxygen atoms in total. The number of esters is 1. The highest BCUT2D eigenvalue weighted by atomic mass is 16.5. The van der Waals surface area contributed by atoms with E-state index in [1.807, 2.05) is 6.07 Å². The molecule has 0 aromatic carbocycles. The van der Waals surface area contributed by atoms with Crippen LogP contribution in [0.15, 0.2) is 30.6 Å². The molecule has 0 amide bonds. The number of hydrogen-bond acceptors (Lipinski definition) is 6. The summed E-state index contributed by atoms with van der Waals surface area (Å²) in [7, 11) is 1.33. The number of pyridine rings is 1. The molecule has 0 atom stereocenters. The summed E-state index contributed by atoms with van der Waals surface area (Å²) < 4.78 is 7.91. The van der Waals surface area contributed by atoms with E-state index in [9.17, 15) is 4.79 Å². The number of carbonyl (C=O) groups is 1. The lowest BCUT2D eigenvalue weighted by molar-refractivity contribution is 0.0592. The fourth-order valence-corrected chi connectivity index (χ4v) is 2.00. The van der Waals surface area contributed by atoms with Crippen molar-refractivity contribution in [1.29, 1.82) is 5.26 Å². The van der Waals surface area contributed by atoms with Crippen LogP contribution in [0.25, 0.3) is 5.65 Å². The molecule has 0 bridgehead atoms. The third-order valence-electron chi connectivity index (χ3n) is 2.91. The smallest absolute Gasteiger partial charge is 0.355 e. The first-order valence-electron chi connectivity index (χ1n) is 6.07. The second-order valence-corrected chi connectivity index (χ2v) is 4.28. The van der Waals surface area contributed by atoms with Crippen LogP contribution < -0.4 is 0 Å². The molecule has 3 aromatic heterocycles. The molecule has 21 heavy (non-hydrogen) atoms. The number of methoxy groups -OCH3 is 1. The van der Waals surface area contributed by atoms with Crippen molar-refractivity contribution in [3.63, 3.8) is 0 Å². The number of nitrogens with zero attached hydrogens (tertiary/aromatic N) is 6. The third-order valence-corrected chi connectivity index (χ3v) is 2.91. The Kier molecular flexibility index (Phi) is 3.08. The molecule has 3 aromatic rings. The molecule has 8 heteroatoms. The first kappa shape index (κ1) is 12.8. The van der Waals surface area contributed by atoms with Crippen LogP contribution in [0, 0.1) is 11.3 Å². The Balaban J connectivity index is 1.97. The summed E-state index contributed by atoms with van der Waals surface area (Å²) in [5.74, 6) is -0.433. The highest BCUT2D eigenvalue weighted by Gasteiger charge is 2.12. The Morgan fingerprint density at radius 3 is 3.00 bits per heavy atom. The second-order valence-electron chi connectivity index (χ2n) is 4.28. The zero-order chi connectivity index (χ0) is 14.8. The molecule has 3 heterocycles. The van der Waals surface area contributed by atoms with Crippen LogP contribution in [0.4, 0.5) is 0 Å². The molecule has 3 rings (SSSR count). The number of rotatable bonds is 3. The van der Waals surface area contributed by atoms with Gasteiger partial charge in [-0.25, -0.2) is 14.5 Å². The van der Waals surface area contributed by atoms with Crippen LogP contribution in [0.3, 0.4) is 0 Å². The van der Waals surface area contributed by atoms with Gasteiger partial charge >= 0.3 is 5.97 Å². The Bertz CT molecular complexity index is 857. The zero-order valence-electron chi connectivity index (χ0n) is 11.1. The Hall–Kier alpha value is -3.21. The van der Waals surface area contributed by atoms with Gasteiger partial charge in [-0.2, -0.15) is 5.26 Å². The van der Waals surface area contributed by atoms with E-state index in [2.05, 4.69) is 15.3 Å². The standard InChI is InChI=1S/C13H10N6O2/c1-21-13(20)11-3-2-4-12-15-10(8-19(11)12)7-18-6-9(5-14)16-17-18/h2-4,6,8H,7H2,1H3. The van der Waals surface area contributed by atoms with Gasteiger partial charge in [-0.15, -0.1) is 5.10 Å². The lowest BCUT2D eigenvalue weighted by atomic mass is 10.3. The fourth-order valence-electron chi connectivity index (χ4n) is 2.00. The normalized spacial score (nSPS) is 10.5. The maximum absolute atomic E-state index is 11.7. The van der Waals surface area contributed by atoms with E-state index in [0.717, 1.165) is 0 Å². The van der Waals surface area contributed by atoms with E-state index in [-0.39, 0.29) is 5.69 Å². The third kappa shape index (κ3) is 2.32. The van der Waals surface area contributed by atoms with Gasteiger partial charge in [-0.05, 0) is 12.1 Å². The molecule has 0 aliphatic carbocycles. The molecule has 0 aliphatic rings. The minimum absolute atomic E-state index is 0.244. The van der Waals surface area contributed by atoms with E-state index in [0.29, 0.717) is 23.6 Å². The molecule has 0 radical (unpaired) electrons. The first-order chi connectivity index (χ1) is 10.2. The summed E-state index contributed by atoms with van der Waals surface area (Å²) >= 11 is 0. The number of carbonyl (C=O) groups excluding carboxylic acids is 1. The minimum atomic E-state index is -0.433. The average molecular weight is 282 g/mol. The van der Waals surface area contributed by atoms with E-state index >= 15 is 0 Å². The second kappa shape index (κ2) is 5.05. The number of fused-ring (bicyclic) bond motifs is 1. The van der Waals surface area contributed by atoms with Gasteiger partial charge in [0.15, 0.2) is 5.69 Å². The van der Waals surface area contributed by atoms with Gasteiger partial charge in [0.25, 0.3) is 0 Å². The van der Waals surface area contributed by atoms with Crippen molar-refractivity contribution in [2.24, 2.45) is 0 Å². The van der Waals surface area contributed by atoms with Gasteiger partial charge in [0, 0.05) is 6.20 Å². The lowest BCUT2D eigenvalue weighted by Crippen LogP contribution is -2.07. The summed E-state index contributed by atoms with van der Waals surface area (Å²) in [6, 6.07) is 7.10. The summed E-state index contributed by atoms with van der Waals surface area (Å²) in [5, 5.41) is 16.2. The van der Waals surface area contributed by atoms with E-state index < -0.39 is 5.97 Å². The molecular formula is C13H10N6O2. The molecule has 0 aliphatic heterocycles. The molecule has 0 N–H and O–H groups in total. The zero-order valence-corrected chi connectivity index (χ0v) is 11.1. The van der Waals surface area contributed by atoms with Gasteiger partial charge in [-0.3, -0.25) is 4.40 Å². The van der Waals surface area contributed by atoms with E-state index in [4.69, 9.17) is 10.00 Å². The summed E-state index contributed by atoms with van der Waals surface area (Å²) in [6.45, 7) is 0.358. The number of imidazole rings is 1. The van der Waals surface area contributed by atoms with Crippen molar-refractivity contribution >= 4 is 11.6 Å². The molecule has 0 saturated heterocycles. The van der Waals surface area contributed by atoms with Crippen molar-refractivity contribution in [2.75, 3.05) is 7.11 Å². The van der Waals surface area contributed by atoms with Gasteiger partial charge in [0.05, 0.1) is 25.5 Å². The number of nitriles is 1. The molecule has 0 saturated carbocycles. The Morgan fingerprint density at radius 2 is 2.29 bits per heavy atom. The molecular weight excluding hydrogens is 272 g/mol. The average Bonchev–Trinajstić information content (AvgIpc) is 3.12. The molecule has 0 fully saturated rings. The van der Waals surface area contributed by atoms with Crippen LogP contribution in [0.1, 0.15) is 21.9 Å². The Morgan fingerprint density at radius 1 is 1.43 bits per heavy atom. The van der Waals surface area contributed by atoms with Crippen LogP contribution in [0.2, 0.25) is 0 Å². The van der Waals surface area contributed by atoms with Crippen molar-refractivity contribution in [2.45, 2.75) is 6.54 Å². The van der Waals surface area contributed by atoms with Crippen LogP contribution in [-0.2, 0) is 11.3 Å². The van der Waals surface area contributed by atoms with Gasteiger partial charge in [-0.1, -0.05) is 11.3 Å². The van der Waals surface area contributed by atoms with Gasteiger partial charge < -0.3 is 4.74 Å². The maximum atomic E-state index is 11.7. The van der Waals surface area contributed by atoms with Crippen molar-refractivity contribution in [3.05, 3.63) is 47.7 Å². The highest BCUT2D eigenvalue weighted by molar-refractivity contribution is 5.88. The topological polar surface area (TPSA) is 98.1 Å². The number of aromatic nitrogens is 5. The van der Waals surface area contributed by atoms with Crippen LogP contribution in [0.5, 0.6) is 0 Å². The predicted molar refractivity (Wildman–Crippen MR) is 70.4 cm³/mol. The monoisotopic (exact) mass is 282 g/mol. The number of ether oxygens (including phenoxy) is 1. The van der Waals surface area contributed by atoms with Gasteiger partial charge in [0.2, 0.25) is 0 Å². The first-order valence-corrected chi connectivity index (χ1v) is 6.07. The highest BCUT2D eigenvalue weighted by Crippen LogP contribution is 2.11. The fraction of sp³-hybridized carbons (Fsp3) is 0.154. The minimum Gasteiger partial charge on any atom is -0.464 e. The van der Waals surface area contributed by atoms with Crippen molar-refractivity contribution < 1.29 is 9.53 Å². The predicted octanol–water partition coefficient (Wildman–Crippen LogP) is 0.632. The molecule has 0 spiro atoms.